The van der Waals surface area contributed by atoms with E-state index in [2.05, 4.69) is 39.0 Å². The van der Waals surface area contributed by atoms with Gasteiger partial charge >= 0.3 is 5.97 Å². The lowest BCUT2D eigenvalue weighted by atomic mass is 9.46. The van der Waals surface area contributed by atoms with Crippen molar-refractivity contribution in [1.82, 2.24) is 0 Å². The van der Waals surface area contributed by atoms with Crippen LogP contribution in [-0.2, 0) is 9.59 Å². The molecule has 2 fully saturated rings. The molecule has 0 spiro atoms. The van der Waals surface area contributed by atoms with E-state index in [0.717, 1.165) is 50.0 Å². The summed E-state index contributed by atoms with van der Waals surface area (Å²) in [5.41, 5.74) is 2.88. The molecule has 1 aromatic rings. The lowest BCUT2D eigenvalue weighted by Crippen LogP contribution is -2.49. The summed E-state index contributed by atoms with van der Waals surface area (Å²) < 4.78 is 6.21. The van der Waals surface area contributed by atoms with Crippen LogP contribution in [0.1, 0.15) is 89.6 Å². The first-order chi connectivity index (χ1) is 15.1. The topological polar surface area (TPSA) is 67.5 Å². The van der Waals surface area contributed by atoms with E-state index in [-0.39, 0.29) is 34.4 Å². The van der Waals surface area contributed by atoms with E-state index in [1.807, 2.05) is 13.0 Å². The van der Waals surface area contributed by atoms with E-state index in [0.29, 0.717) is 18.3 Å². The number of carboxylic acids is 1. The van der Waals surface area contributed by atoms with Gasteiger partial charge in [0.2, 0.25) is 0 Å². The molecule has 6 atom stereocenters. The maximum Gasteiger partial charge on any atom is 0.303 e. The van der Waals surface area contributed by atoms with Gasteiger partial charge in [-0.05, 0) is 86.3 Å². The smallest absolute Gasteiger partial charge is 0.303 e. The van der Waals surface area contributed by atoms with Crippen LogP contribution in [0, 0.1) is 35.0 Å². The van der Waals surface area contributed by atoms with Crippen molar-refractivity contribution >= 4 is 11.8 Å². The van der Waals surface area contributed by atoms with Gasteiger partial charge < -0.3 is 9.52 Å². The van der Waals surface area contributed by atoms with Crippen molar-refractivity contribution in [1.29, 1.82) is 0 Å². The molecule has 1 heterocycles. The predicted octanol–water partition coefficient (Wildman–Crippen LogP) is 6.60. The molecule has 4 aliphatic rings. The highest BCUT2D eigenvalue weighted by atomic mass is 16.4. The zero-order valence-corrected chi connectivity index (χ0v) is 19.9. The summed E-state index contributed by atoms with van der Waals surface area (Å²) in [7, 11) is 0. The van der Waals surface area contributed by atoms with Gasteiger partial charge in [0.15, 0.2) is 5.78 Å². The Labute approximate surface area is 191 Å². The first-order valence-electron chi connectivity index (χ1n) is 12.3. The van der Waals surface area contributed by atoms with E-state index in [1.54, 1.807) is 0 Å². The van der Waals surface area contributed by atoms with Gasteiger partial charge in [0.1, 0.15) is 11.5 Å². The molecule has 0 bridgehead atoms. The summed E-state index contributed by atoms with van der Waals surface area (Å²) in [6, 6.07) is 4.19. The second-order valence-electron chi connectivity index (χ2n) is 11.6. The van der Waals surface area contributed by atoms with Crippen LogP contribution in [0.3, 0.4) is 0 Å². The molecule has 0 aromatic carbocycles. The molecule has 2 saturated carbocycles. The third kappa shape index (κ3) is 3.01. The van der Waals surface area contributed by atoms with Crippen LogP contribution in [0.25, 0.3) is 0 Å². The van der Waals surface area contributed by atoms with Crippen LogP contribution in [0.5, 0.6) is 0 Å². The second-order valence-corrected chi connectivity index (χ2v) is 11.6. The molecule has 0 saturated heterocycles. The van der Waals surface area contributed by atoms with Crippen LogP contribution in [0.15, 0.2) is 39.8 Å². The Hall–Kier alpha value is -2.10. The number of aliphatic carboxylic acids is 1. The SMILES string of the molecule is Cc1ccc(C2CC3=CC(=O)CC[C@]3(C)C3=CC[C@@]4(C)C(CC[C@@]4(C)CCC(=O)O)C32)o1. The summed E-state index contributed by atoms with van der Waals surface area (Å²) in [5.74, 6) is 2.68. The molecule has 3 unspecified atom stereocenters. The highest BCUT2D eigenvalue weighted by molar-refractivity contribution is 5.92. The highest BCUT2D eigenvalue weighted by Crippen LogP contribution is 2.71. The van der Waals surface area contributed by atoms with Crippen molar-refractivity contribution in [3.05, 3.63) is 47.0 Å². The minimum Gasteiger partial charge on any atom is -0.481 e. The standard InChI is InChI=1S/C28H36O4/c1-17-5-6-23(32-17)20-16-18-15-19(29)7-13-27(18,3)21-9-14-28(4)22(25(20)21)8-11-26(28,2)12-10-24(30)31/h5-6,9,15,20,22,25H,7-8,10-14,16H2,1-4H3,(H,30,31)/t20?,22?,25?,26-,27-,28-/m0/s1. The zero-order chi connectivity index (χ0) is 22.9. The Morgan fingerprint density at radius 3 is 2.69 bits per heavy atom. The van der Waals surface area contributed by atoms with E-state index >= 15 is 0 Å². The third-order valence-electron chi connectivity index (χ3n) is 10.2. The number of furan rings is 1. The maximum absolute atomic E-state index is 12.3. The molecule has 0 radical (unpaired) electrons. The molecule has 4 heteroatoms. The monoisotopic (exact) mass is 436 g/mol. The first kappa shape index (κ1) is 21.7. The number of fused-ring (bicyclic) bond motifs is 5. The van der Waals surface area contributed by atoms with Crippen molar-refractivity contribution in [3.63, 3.8) is 0 Å². The fourth-order valence-electron chi connectivity index (χ4n) is 7.93. The number of ketones is 1. The van der Waals surface area contributed by atoms with E-state index in [1.165, 1.54) is 11.1 Å². The average Bonchev–Trinajstić information content (AvgIpc) is 3.28. The molecule has 32 heavy (non-hydrogen) atoms. The molecule has 0 aliphatic heterocycles. The molecule has 5 rings (SSSR count). The number of rotatable bonds is 4. The third-order valence-corrected chi connectivity index (χ3v) is 10.2. The van der Waals surface area contributed by atoms with Crippen molar-refractivity contribution in [3.8, 4) is 0 Å². The minimum atomic E-state index is -0.693. The number of carbonyl (C=O) groups excluding carboxylic acids is 1. The Bertz CT molecular complexity index is 1030. The fraction of sp³-hybridized carbons (Fsp3) is 0.643. The van der Waals surface area contributed by atoms with Crippen molar-refractivity contribution in [2.75, 3.05) is 0 Å². The van der Waals surface area contributed by atoms with Gasteiger partial charge in [-0.1, -0.05) is 38.0 Å². The van der Waals surface area contributed by atoms with Crippen molar-refractivity contribution < 1.29 is 19.1 Å². The van der Waals surface area contributed by atoms with Gasteiger partial charge in [0.05, 0.1) is 0 Å². The molecule has 4 aliphatic carbocycles. The van der Waals surface area contributed by atoms with Gasteiger partial charge in [-0.25, -0.2) is 0 Å². The quantitative estimate of drug-likeness (QED) is 0.540. The minimum absolute atomic E-state index is 0.0290. The predicted molar refractivity (Wildman–Crippen MR) is 123 cm³/mol. The number of carboxylic acid groups (broad SMARTS) is 1. The second kappa shape index (κ2) is 7.20. The number of hydrogen-bond acceptors (Lipinski definition) is 3. The Balaban J connectivity index is 1.61. The average molecular weight is 437 g/mol. The zero-order valence-electron chi connectivity index (χ0n) is 19.9. The number of hydrogen-bond donors (Lipinski definition) is 1. The Kier molecular flexibility index (Phi) is 4.89. The summed E-state index contributed by atoms with van der Waals surface area (Å²) in [6.45, 7) is 9.10. The lowest BCUT2D eigenvalue weighted by molar-refractivity contribution is -0.138. The van der Waals surface area contributed by atoms with Gasteiger partial charge in [0, 0.05) is 24.2 Å². The van der Waals surface area contributed by atoms with Crippen molar-refractivity contribution in [2.24, 2.45) is 28.1 Å². The summed E-state index contributed by atoms with van der Waals surface area (Å²) in [5, 5.41) is 9.38. The molecule has 1 aromatic heterocycles. The van der Waals surface area contributed by atoms with Crippen molar-refractivity contribution in [2.45, 2.75) is 85.0 Å². The molecule has 172 valence electrons. The fourth-order valence-corrected chi connectivity index (χ4v) is 7.93. The normalized spacial score (nSPS) is 40.8. The lowest BCUT2D eigenvalue weighted by Gasteiger charge is -2.57. The molecular weight excluding hydrogens is 400 g/mol. The number of aryl methyl sites for hydroxylation is 1. The van der Waals surface area contributed by atoms with Crippen LogP contribution >= 0.6 is 0 Å². The number of allylic oxidation sites excluding steroid dienone is 4. The largest absolute Gasteiger partial charge is 0.481 e. The van der Waals surface area contributed by atoms with E-state index in [4.69, 9.17) is 4.42 Å². The van der Waals surface area contributed by atoms with Gasteiger partial charge in [0.25, 0.3) is 0 Å². The molecule has 4 nitrogen and oxygen atoms in total. The van der Waals surface area contributed by atoms with Crippen LogP contribution in [0.2, 0.25) is 0 Å². The van der Waals surface area contributed by atoms with Gasteiger partial charge in [-0.15, -0.1) is 0 Å². The Morgan fingerprint density at radius 2 is 2.00 bits per heavy atom. The highest BCUT2D eigenvalue weighted by Gasteiger charge is 2.62. The number of carbonyl (C=O) groups is 2. The van der Waals surface area contributed by atoms with E-state index < -0.39 is 5.97 Å². The summed E-state index contributed by atoms with van der Waals surface area (Å²) in [4.78, 5) is 23.7. The van der Waals surface area contributed by atoms with Gasteiger partial charge in [-0.3, -0.25) is 9.59 Å². The van der Waals surface area contributed by atoms with E-state index in [9.17, 15) is 14.7 Å². The van der Waals surface area contributed by atoms with Gasteiger partial charge in [-0.2, -0.15) is 0 Å². The van der Waals surface area contributed by atoms with Crippen LogP contribution < -0.4 is 0 Å². The molecule has 0 amide bonds. The maximum atomic E-state index is 12.3. The van der Waals surface area contributed by atoms with Crippen LogP contribution in [-0.4, -0.2) is 16.9 Å². The summed E-state index contributed by atoms with van der Waals surface area (Å²) >= 11 is 0. The molecular formula is C28H36O4. The first-order valence-corrected chi connectivity index (χ1v) is 12.3. The molecule has 1 N–H and O–H groups in total. The van der Waals surface area contributed by atoms with Crippen LogP contribution in [0.4, 0.5) is 0 Å². The Morgan fingerprint density at radius 1 is 1.22 bits per heavy atom. The summed E-state index contributed by atoms with van der Waals surface area (Å²) in [6.07, 6.45) is 11.1.